The molecule has 0 spiro atoms. The van der Waals surface area contributed by atoms with Crippen LogP contribution >= 0.6 is 11.3 Å². The van der Waals surface area contributed by atoms with Gasteiger partial charge in [0.1, 0.15) is 4.83 Å². The largest absolute Gasteiger partial charge is 0.370 e. The van der Waals surface area contributed by atoms with Crippen LogP contribution in [-0.4, -0.2) is 14.7 Å². The predicted molar refractivity (Wildman–Crippen MR) is 105 cm³/mol. The fraction of sp³-hybridized carbons (Fsp3) is 0.700. The molecule has 2 aliphatic rings. The Morgan fingerprint density at radius 1 is 1.19 bits per heavy atom. The first-order chi connectivity index (χ1) is 12.4. The summed E-state index contributed by atoms with van der Waals surface area (Å²) in [5, 5.41) is 0.778. The standard InChI is InChI=1S/C20H28N2O3S/c1-4-10-21-18-16(14-11-20(2,3)25-12-15(14)26-18)17(23)22(19(21)24)13-8-6-5-7-9-13/h13H,4-12H2,1-3H3. The summed E-state index contributed by atoms with van der Waals surface area (Å²) in [7, 11) is 0. The Hall–Kier alpha value is -1.40. The van der Waals surface area contributed by atoms with Gasteiger partial charge < -0.3 is 4.74 Å². The Morgan fingerprint density at radius 3 is 2.62 bits per heavy atom. The SMILES string of the molecule is CCCn1c(=O)n(C2CCCCC2)c(=O)c2c3c(sc21)COC(C)(C)C3. The van der Waals surface area contributed by atoms with E-state index in [1.807, 2.05) is 4.57 Å². The number of thiophene rings is 1. The molecule has 0 bridgehead atoms. The van der Waals surface area contributed by atoms with E-state index in [1.54, 1.807) is 15.9 Å². The zero-order valence-electron chi connectivity index (χ0n) is 16.0. The van der Waals surface area contributed by atoms with Crippen molar-refractivity contribution in [1.29, 1.82) is 0 Å². The van der Waals surface area contributed by atoms with E-state index in [1.165, 1.54) is 6.42 Å². The highest BCUT2D eigenvalue weighted by Gasteiger charge is 2.32. The molecule has 1 aliphatic carbocycles. The molecule has 5 nitrogen and oxygen atoms in total. The Morgan fingerprint density at radius 2 is 1.92 bits per heavy atom. The zero-order chi connectivity index (χ0) is 18.5. The summed E-state index contributed by atoms with van der Waals surface area (Å²) in [5.41, 5.74) is 0.657. The number of fused-ring (bicyclic) bond motifs is 3. The lowest BCUT2D eigenvalue weighted by molar-refractivity contribution is -0.0379. The third kappa shape index (κ3) is 2.87. The molecule has 26 heavy (non-hydrogen) atoms. The van der Waals surface area contributed by atoms with Gasteiger partial charge in [0.25, 0.3) is 5.56 Å². The fourth-order valence-corrected chi connectivity index (χ4v) is 5.70. The molecule has 0 saturated heterocycles. The van der Waals surface area contributed by atoms with E-state index >= 15 is 0 Å². The quantitative estimate of drug-likeness (QED) is 0.814. The van der Waals surface area contributed by atoms with Crippen molar-refractivity contribution >= 4 is 21.6 Å². The molecule has 4 rings (SSSR count). The number of ether oxygens (including phenoxy) is 1. The molecule has 0 N–H and O–H groups in total. The molecular weight excluding hydrogens is 348 g/mol. The normalized spacial score (nSPS) is 20.4. The highest BCUT2D eigenvalue weighted by molar-refractivity contribution is 7.18. The molecular formula is C20H28N2O3S. The first kappa shape index (κ1) is 18.0. The molecule has 0 aromatic carbocycles. The summed E-state index contributed by atoms with van der Waals surface area (Å²) in [5.74, 6) is 0. The second kappa shape index (κ2) is 6.64. The van der Waals surface area contributed by atoms with Crippen molar-refractivity contribution in [3.8, 4) is 0 Å². The minimum atomic E-state index is -0.269. The molecule has 0 radical (unpaired) electrons. The van der Waals surface area contributed by atoms with Crippen molar-refractivity contribution in [2.24, 2.45) is 0 Å². The van der Waals surface area contributed by atoms with Crippen molar-refractivity contribution in [2.45, 2.75) is 90.5 Å². The highest BCUT2D eigenvalue weighted by Crippen LogP contribution is 2.37. The van der Waals surface area contributed by atoms with E-state index in [-0.39, 0.29) is 22.9 Å². The van der Waals surface area contributed by atoms with E-state index < -0.39 is 0 Å². The van der Waals surface area contributed by atoms with Crippen LogP contribution in [0.2, 0.25) is 0 Å². The predicted octanol–water partition coefficient (Wildman–Crippen LogP) is 3.99. The maximum atomic E-state index is 13.5. The first-order valence-electron chi connectivity index (χ1n) is 9.86. The van der Waals surface area contributed by atoms with Crippen LogP contribution in [0.3, 0.4) is 0 Å². The molecule has 0 atom stereocenters. The van der Waals surface area contributed by atoms with Crippen LogP contribution in [0.25, 0.3) is 10.2 Å². The Bertz CT molecular complexity index is 945. The van der Waals surface area contributed by atoms with Gasteiger partial charge in [0.05, 0.1) is 17.6 Å². The van der Waals surface area contributed by atoms with Gasteiger partial charge in [-0.05, 0) is 38.7 Å². The van der Waals surface area contributed by atoms with E-state index in [4.69, 9.17) is 4.74 Å². The third-order valence-electron chi connectivity index (χ3n) is 5.77. The lowest BCUT2D eigenvalue weighted by Crippen LogP contribution is -2.43. The first-order valence-corrected chi connectivity index (χ1v) is 10.7. The van der Waals surface area contributed by atoms with Crippen LogP contribution < -0.4 is 11.2 Å². The fourth-order valence-electron chi connectivity index (χ4n) is 4.46. The number of aromatic nitrogens is 2. The van der Waals surface area contributed by atoms with Crippen molar-refractivity contribution in [3.05, 3.63) is 31.3 Å². The van der Waals surface area contributed by atoms with Crippen LogP contribution in [0.1, 0.15) is 75.8 Å². The van der Waals surface area contributed by atoms with Gasteiger partial charge in [0.15, 0.2) is 0 Å². The molecule has 2 aromatic heterocycles. The van der Waals surface area contributed by atoms with Gasteiger partial charge in [-0.25, -0.2) is 4.79 Å². The van der Waals surface area contributed by atoms with Gasteiger partial charge in [-0.1, -0.05) is 26.2 Å². The Labute approximate surface area is 157 Å². The van der Waals surface area contributed by atoms with Crippen molar-refractivity contribution in [1.82, 2.24) is 9.13 Å². The maximum absolute atomic E-state index is 13.5. The average molecular weight is 377 g/mol. The number of aryl methyl sites for hydroxylation is 1. The average Bonchev–Trinajstić information content (AvgIpc) is 2.97. The molecule has 0 unspecified atom stereocenters. The van der Waals surface area contributed by atoms with Gasteiger partial charge in [-0.3, -0.25) is 13.9 Å². The highest BCUT2D eigenvalue weighted by atomic mass is 32.1. The van der Waals surface area contributed by atoms with E-state index in [9.17, 15) is 9.59 Å². The second-order valence-corrected chi connectivity index (χ2v) is 9.39. The minimum absolute atomic E-state index is 0.0552. The number of rotatable bonds is 3. The van der Waals surface area contributed by atoms with Gasteiger partial charge in [0.2, 0.25) is 0 Å². The van der Waals surface area contributed by atoms with Gasteiger partial charge in [-0.15, -0.1) is 11.3 Å². The van der Waals surface area contributed by atoms with Crippen molar-refractivity contribution in [3.63, 3.8) is 0 Å². The molecule has 1 fully saturated rings. The summed E-state index contributed by atoms with van der Waals surface area (Å²) >= 11 is 1.58. The van der Waals surface area contributed by atoms with Crippen LogP contribution in [0.15, 0.2) is 9.59 Å². The van der Waals surface area contributed by atoms with Gasteiger partial charge in [-0.2, -0.15) is 0 Å². The van der Waals surface area contributed by atoms with Crippen molar-refractivity contribution < 1.29 is 4.74 Å². The number of nitrogens with zero attached hydrogens (tertiary/aromatic N) is 2. The van der Waals surface area contributed by atoms with Crippen molar-refractivity contribution in [2.75, 3.05) is 0 Å². The zero-order valence-corrected chi connectivity index (χ0v) is 16.8. The summed E-state index contributed by atoms with van der Waals surface area (Å²) in [6, 6.07) is 0.0552. The molecule has 1 saturated carbocycles. The maximum Gasteiger partial charge on any atom is 0.332 e. The van der Waals surface area contributed by atoms with Crippen LogP contribution in [0.4, 0.5) is 0 Å². The summed E-state index contributed by atoms with van der Waals surface area (Å²) in [6.07, 6.45) is 6.89. The van der Waals surface area contributed by atoms with E-state index in [0.29, 0.717) is 13.2 Å². The molecule has 0 amide bonds. The van der Waals surface area contributed by atoms with E-state index in [0.717, 1.165) is 59.2 Å². The van der Waals surface area contributed by atoms with E-state index in [2.05, 4.69) is 20.8 Å². The second-order valence-electron chi connectivity index (χ2n) is 8.31. The lowest BCUT2D eigenvalue weighted by Gasteiger charge is -2.30. The molecule has 1 aliphatic heterocycles. The van der Waals surface area contributed by atoms with Crippen LogP contribution in [0, 0.1) is 0 Å². The van der Waals surface area contributed by atoms with Gasteiger partial charge in [0, 0.05) is 23.9 Å². The number of hydrogen-bond acceptors (Lipinski definition) is 4. The Balaban J connectivity index is 2.01. The van der Waals surface area contributed by atoms with Gasteiger partial charge >= 0.3 is 5.69 Å². The summed E-state index contributed by atoms with van der Waals surface area (Å²) in [6.45, 7) is 7.41. The third-order valence-corrected chi connectivity index (χ3v) is 7.00. The molecule has 2 aromatic rings. The van der Waals surface area contributed by atoms with Crippen LogP contribution in [0.5, 0.6) is 0 Å². The molecule has 142 valence electrons. The summed E-state index contributed by atoms with van der Waals surface area (Å²) < 4.78 is 9.39. The summed E-state index contributed by atoms with van der Waals surface area (Å²) in [4.78, 5) is 28.7. The van der Waals surface area contributed by atoms with Crippen LogP contribution in [-0.2, 0) is 24.3 Å². The Kier molecular flexibility index (Phi) is 4.59. The monoisotopic (exact) mass is 376 g/mol. The topological polar surface area (TPSA) is 53.2 Å². The number of hydrogen-bond donors (Lipinski definition) is 0. The lowest BCUT2D eigenvalue weighted by atomic mass is 9.93. The molecule has 6 heteroatoms. The minimum Gasteiger partial charge on any atom is -0.370 e. The molecule has 3 heterocycles. The smallest absolute Gasteiger partial charge is 0.332 e.